The van der Waals surface area contributed by atoms with Gasteiger partial charge in [-0.2, -0.15) is 5.26 Å². The van der Waals surface area contributed by atoms with Gasteiger partial charge in [0.15, 0.2) is 5.78 Å². The summed E-state index contributed by atoms with van der Waals surface area (Å²) < 4.78 is 5.67. The first-order valence-electron chi connectivity index (χ1n) is 7.54. The van der Waals surface area contributed by atoms with Gasteiger partial charge in [0.2, 0.25) is 0 Å². The summed E-state index contributed by atoms with van der Waals surface area (Å²) in [7, 11) is 0. The van der Waals surface area contributed by atoms with E-state index in [1.807, 2.05) is 26.0 Å². The minimum atomic E-state index is -0.441. The van der Waals surface area contributed by atoms with Crippen molar-refractivity contribution in [2.75, 3.05) is 0 Å². The standard InChI is InChI=1S/C19H18N2O3/c1-12(2)21-19(23)16(11-20)10-17-7-8-18(24-17)15-6-4-5-14(9-15)13(3)22/h4-10,12H,1-3H3,(H,21,23)/b16-10-. The lowest BCUT2D eigenvalue weighted by molar-refractivity contribution is -0.117. The zero-order chi connectivity index (χ0) is 17.7. The summed E-state index contributed by atoms with van der Waals surface area (Å²) in [6.45, 7) is 5.14. The Labute approximate surface area is 140 Å². The largest absolute Gasteiger partial charge is 0.457 e. The zero-order valence-electron chi connectivity index (χ0n) is 13.8. The lowest BCUT2D eigenvalue weighted by atomic mass is 10.1. The molecule has 0 radical (unpaired) electrons. The van der Waals surface area contributed by atoms with Gasteiger partial charge in [-0.1, -0.05) is 18.2 Å². The van der Waals surface area contributed by atoms with Crippen LogP contribution in [0.3, 0.4) is 0 Å². The molecular formula is C19H18N2O3. The molecular weight excluding hydrogens is 304 g/mol. The van der Waals surface area contributed by atoms with E-state index < -0.39 is 5.91 Å². The minimum absolute atomic E-state index is 0.0258. The number of amides is 1. The maximum absolute atomic E-state index is 11.9. The van der Waals surface area contributed by atoms with Crippen LogP contribution in [0.25, 0.3) is 17.4 Å². The predicted octanol–water partition coefficient (Wildman–Crippen LogP) is 3.58. The van der Waals surface area contributed by atoms with Gasteiger partial charge in [0.1, 0.15) is 23.2 Å². The van der Waals surface area contributed by atoms with Crippen LogP contribution < -0.4 is 5.32 Å². The summed E-state index contributed by atoms with van der Waals surface area (Å²) in [6, 6.07) is 12.3. The van der Waals surface area contributed by atoms with Crippen LogP contribution in [0, 0.1) is 11.3 Å². The normalized spacial score (nSPS) is 11.2. The number of benzene rings is 1. The van der Waals surface area contributed by atoms with Crippen molar-refractivity contribution in [2.24, 2.45) is 0 Å². The SMILES string of the molecule is CC(=O)c1cccc(-c2ccc(/C=C(/C#N)C(=O)NC(C)C)o2)c1. The molecule has 5 heteroatoms. The monoisotopic (exact) mass is 322 g/mol. The number of hydrogen-bond donors (Lipinski definition) is 1. The number of nitrogens with one attached hydrogen (secondary N) is 1. The van der Waals surface area contributed by atoms with E-state index in [1.165, 1.54) is 13.0 Å². The molecule has 0 aliphatic rings. The first-order chi connectivity index (χ1) is 11.4. The molecule has 0 saturated heterocycles. The van der Waals surface area contributed by atoms with Crippen LogP contribution in [0.5, 0.6) is 0 Å². The average molecular weight is 322 g/mol. The van der Waals surface area contributed by atoms with Crippen molar-refractivity contribution in [1.82, 2.24) is 5.32 Å². The molecule has 2 rings (SSSR count). The third-order valence-electron chi connectivity index (χ3n) is 3.25. The van der Waals surface area contributed by atoms with Crippen molar-refractivity contribution < 1.29 is 14.0 Å². The van der Waals surface area contributed by atoms with Crippen LogP contribution in [0.1, 0.15) is 36.9 Å². The van der Waals surface area contributed by atoms with Crippen molar-refractivity contribution in [3.8, 4) is 17.4 Å². The van der Waals surface area contributed by atoms with Crippen LogP contribution >= 0.6 is 0 Å². The lowest BCUT2D eigenvalue weighted by Gasteiger charge is -2.06. The van der Waals surface area contributed by atoms with Gasteiger partial charge in [-0.15, -0.1) is 0 Å². The molecule has 0 atom stereocenters. The third-order valence-corrected chi connectivity index (χ3v) is 3.25. The second-order valence-electron chi connectivity index (χ2n) is 5.64. The number of hydrogen-bond acceptors (Lipinski definition) is 4. The molecule has 0 saturated carbocycles. The topological polar surface area (TPSA) is 83.1 Å². The van der Waals surface area contributed by atoms with E-state index in [2.05, 4.69) is 5.32 Å². The molecule has 0 fully saturated rings. The highest BCUT2D eigenvalue weighted by Gasteiger charge is 2.12. The highest BCUT2D eigenvalue weighted by atomic mass is 16.3. The Hall–Kier alpha value is -3.13. The summed E-state index contributed by atoms with van der Waals surface area (Å²) in [5, 5.41) is 11.8. The van der Waals surface area contributed by atoms with E-state index in [-0.39, 0.29) is 17.4 Å². The van der Waals surface area contributed by atoms with Crippen LogP contribution in [0.4, 0.5) is 0 Å². The molecule has 0 aliphatic carbocycles. The predicted molar refractivity (Wildman–Crippen MR) is 91.0 cm³/mol. The molecule has 1 heterocycles. The van der Waals surface area contributed by atoms with Gasteiger partial charge in [0.25, 0.3) is 5.91 Å². The summed E-state index contributed by atoms with van der Waals surface area (Å²) >= 11 is 0. The van der Waals surface area contributed by atoms with Gasteiger partial charge in [-0.3, -0.25) is 9.59 Å². The molecule has 24 heavy (non-hydrogen) atoms. The molecule has 0 bridgehead atoms. The molecule has 1 aromatic carbocycles. The first-order valence-corrected chi connectivity index (χ1v) is 7.54. The van der Waals surface area contributed by atoms with E-state index in [0.29, 0.717) is 17.1 Å². The van der Waals surface area contributed by atoms with Crippen molar-refractivity contribution >= 4 is 17.8 Å². The summed E-state index contributed by atoms with van der Waals surface area (Å²) in [4.78, 5) is 23.4. The number of furan rings is 1. The summed E-state index contributed by atoms with van der Waals surface area (Å²) in [5.41, 5.74) is 1.32. The summed E-state index contributed by atoms with van der Waals surface area (Å²) in [5.74, 6) is 0.490. The van der Waals surface area contributed by atoms with Crippen LogP contribution in [0.2, 0.25) is 0 Å². The highest BCUT2D eigenvalue weighted by molar-refractivity contribution is 6.01. The Morgan fingerprint density at radius 1 is 1.25 bits per heavy atom. The molecule has 1 N–H and O–H groups in total. The van der Waals surface area contributed by atoms with E-state index in [1.54, 1.807) is 30.3 Å². The van der Waals surface area contributed by atoms with Crippen LogP contribution in [-0.2, 0) is 4.79 Å². The van der Waals surface area contributed by atoms with Crippen LogP contribution in [-0.4, -0.2) is 17.7 Å². The summed E-state index contributed by atoms with van der Waals surface area (Å²) in [6.07, 6.45) is 1.40. The average Bonchev–Trinajstić information content (AvgIpc) is 3.00. The van der Waals surface area contributed by atoms with Gasteiger partial charge in [-0.25, -0.2) is 0 Å². The van der Waals surface area contributed by atoms with Crippen molar-refractivity contribution in [2.45, 2.75) is 26.8 Å². The number of nitriles is 1. The Bertz CT molecular complexity index is 838. The van der Waals surface area contributed by atoms with Gasteiger partial charge in [-0.05, 0) is 39.0 Å². The fourth-order valence-electron chi connectivity index (χ4n) is 2.11. The number of carbonyl (C=O) groups is 2. The van der Waals surface area contributed by atoms with Crippen molar-refractivity contribution in [3.05, 3.63) is 53.3 Å². The van der Waals surface area contributed by atoms with E-state index in [9.17, 15) is 9.59 Å². The van der Waals surface area contributed by atoms with Gasteiger partial charge < -0.3 is 9.73 Å². The van der Waals surface area contributed by atoms with Gasteiger partial charge in [0.05, 0.1) is 0 Å². The molecule has 0 spiro atoms. The van der Waals surface area contributed by atoms with Gasteiger partial charge >= 0.3 is 0 Å². The molecule has 2 aromatic rings. The number of rotatable bonds is 5. The smallest absolute Gasteiger partial charge is 0.262 e. The van der Waals surface area contributed by atoms with Crippen LogP contribution in [0.15, 0.2) is 46.4 Å². The molecule has 122 valence electrons. The molecule has 0 aliphatic heterocycles. The molecule has 1 amide bonds. The number of ketones is 1. The molecule has 1 aromatic heterocycles. The quantitative estimate of drug-likeness (QED) is 0.518. The minimum Gasteiger partial charge on any atom is -0.457 e. The third kappa shape index (κ3) is 4.20. The number of Topliss-reactive ketones (excluding diaryl/α,β-unsaturated/α-hetero) is 1. The van der Waals surface area contributed by atoms with E-state index in [0.717, 1.165) is 5.56 Å². The fourth-order valence-corrected chi connectivity index (χ4v) is 2.11. The van der Waals surface area contributed by atoms with E-state index >= 15 is 0 Å². The Morgan fingerprint density at radius 2 is 2.00 bits per heavy atom. The fraction of sp³-hybridized carbons (Fsp3) is 0.211. The number of carbonyl (C=O) groups excluding carboxylic acids is 2. The highest BCUT2D eigenvalue weighted by Crippen LogP contribution is 2.24. The van der Waals surface area contributed by atoms with Crippen molar-refractivity contribution in [3.63, 3.8) is 0 Å². The zero-order valence-corrected chi connectivity index (χ0v) is 13.8. The molecule has 0 unspecified atom stereocenters. The number of nitrogens with zero attached hydrogens (tertiary/aromatic N) is 1. The second-order valence-corrected chi connectivity index (χ2v) is 5.64. The first kappa shape index (κ1) is 17.2. The maximum atomic E-state index is 11.9. The second kappa shape index (κ2) is 7.42. The van der Waals surface area contributed by atoms with E-state index in [4.69, 9.17) is 9.68 Å². The maximum Gasteiger partial charge on any atom is 0.262 e. The molecule has 5 nitrogen and oxygen atoms in total. The Kier molecular flexibility index (Phi) is 5.33. The lowest BCUT2D eigenvalue weighted by Crippen LogP contribution is -2.30. The Morgan fingerprint density at radius 3 is 2.62 bits per heavy atom. The van der Waals surface area contributed by atoms with Gasteiger partial charge in [0, 0.05) is 23.2 Å². The Balaban J connectivity index is 2.29. The van der Waals surface area contributed by atoms with Crippen molar-refractivity contribution in [1.29, 1.82) is 5.26 Å².